The monoisotopic (exact) mass is 616 g/mol. The second-order valence-corrected chi connectivity index (χ2v) is 12.2. The minimum atomic E-state index is -1.01. The van der Waals surface area contributed by atoms with Crippen molar-refractivity contribution in [1.29, 1.82) is 0 Å². The third-order valence-electron chi connectivity index (χ3n) is 7.41. The number of hydrogen-bond acceptors (Lipinski definition) is 8. The van der Waals surface area contributed by atoms with Crippen molar-refractivity contribution in [2.45, 2.75) is 85.9 Å². The van der Waals surface area contributed by atoms with Crippen LogP contribution in [-0.2, 0) is 28.7 Å². The molecule has 0 unspecified atom stereocenters. The Morgan fingerprint density at radius 1 is 1.00 bits per heavy atom. The summed E-state index contributed by atoms with van der Waals surface area (Å²) in [6.07, 6.45) is 5.03. The molecule has 1 saturated heterocycles. The number of ketones is 1. The molecule has 12 heteroatoms. The van der Waals surface area contributed by atoms with Crippen LogP contribution in [0.4, 0.5) is 0 Å². The van der Waals surface area contributed by atoms with Crippen LogP contribution in [0, 0.1) is 29.6 Å². The van der Waals surface area contributed by atoms with E-state index in [4.69, 9.17) is 9.15 Å². The van der Waals surface area contributed by atoms with Crippen LogP contribution in [0.3, 0.4) is 0 Å². The Balaban J connectivity index is 2.26. The van der Waals surface area contributed by atoms with Gasteiger partial charge in [0, 0.05) is 24.5 Å². The molecule has 0 bridgehead atoms. The third-order valence-corrected chi connectivity index (χ3v) is 7.41. The van der Waals surface area contributed by atoms with Crippen LogP contribution in [0.5, 0.6) is 0 Å². The largest absolute Gasteiger partial charge is 0.463 e. The van der Waals surface area contributed by atoms with Gasteiger partial charge in [0.25, 0.3) is 5.91 Å². The van der Waals surface area contributed by atoms with Crippen LogP contribution < -0.4 is 21.3 Å². The van der Waals surface area contributed by atoms with E-state index in [2.05, 4.69) is 21.3 Å². The normalized spacial score (nSPS) is 17.7. The molecule has 0 spiro atoms. The summed E-state index contributed by atoms with van der Waals surface area (Å²) in [5.74, 6) is -4.59. The fourth-order valence-corrected chi connectivity index (χ4v) is 5.02. The average molecular weight is 617 g/mol. The van der Waals surface area contributed by atoms with Crippen molar-refractivity contribution in [2.75, 3.05) is 13.2 Å². The molecule has 4 N–H and O–H groups in total. The molecule has 1 aliphatic heterocycles. The maximum atomic E-state index is 13.9. The number of amides is 4. The molecule has 44 heavy (non-hydrogen) atoms. The minimum Gasteiger partial charge on any atom is -0.463 e. The number of esters is 1. The van der Waals surface area contributed by atoms with E-state index in [0.29, 0.717) is 19.4 Å². The molecular weight excluding hydrogens is 568 g/mol. The summed E-state index contributed by atoms with van der Waals surface area (Å²) in [5.41, 5.74) is 0. The predicted molar refractivity (Wildman–Crippen MR) is 163 cm³/mol. The van der Waals surface area contributed by atoms with E-state index in [-0.39, 0.29) is 48.2 Å². The summed E-state index contributed by atoms with van der Waals surface area (Å²) in [7, 11) is 0. The summed E-state index contributed by atoms with van der Waals surface area (Å²) in [6.45, 7) is 13.2. The lowest BCUT2D eigenvalue weighted by Gasteiger charge is -2.29. The van der Waals surface area contributed by atoms with E-state index in [1.165, 1.54) is 24.5 Å². The van der Waals surface area contributed by atoms with Crippen LogP contribution in [0.25, 0.3) is 0 Å². The molecule has 244 valence electrons. The minimum absolute atomic E-state index is 0.0166. The van der Waals surface area contributed by atoms with Crippen LogP contribution in [0.15, 0.2) is 35.0 Å². The highest BCUT2D eigenvalue weighted by Gasteiger charge is 2.36. The Morgan fingerprint density at radius 2 is 1.64 bits per heavy atom. The van der Waals surface area contributed by atoms with Gasteiger partial charge in [-0.3, -0.25) is 24.0 Å². The summed E-state index contributed by atoms with van der Waals surface area (Å²) in [4.78, 5) is 77.9. The van der Waals surface area contributed by atoms with Crippen LogP contribution >= 0.6 is 0 Å². The Bertz CT molecular complexity index is 1170. The van der Waals surface area contributed by atoms with Gasteiger partial charge >= 0.3 is 5.97 Å². The molecule has 1 aromatic rings. The summed E-state index contributed by atoms with van der Waals surface area (Å²) >= 11 is 0. The summed E-state index contributed by atoms with van der Waals surface area (Å²) in [5, 5.41) is 11.0. The van der Waals surface area contributed by atoms with Gasteiger partial charge in [-0.05, 0) is 56.1 Å². The maximum absolute atomic E-state index is 13.9. The molecule has 5 atom stereocenters. The SMILES string of the molecule is CCOC(=O)/C=C/[C@H](C[C@@H]1CCNC1=O)C(=O)[C@H](CC(C)C)NC(=O)[C@@H](NC(=O)[C@@H](NC(=O)c1ccco1)C(C)C)C(C)C. The van der Waals surface area contributed by atoms with Gasteiger partial charge in [-0.25, -0.2) is 4.79 Å². The molecule has 2 rings (SSSR count). The van der Waals surface area contributed by atoms with Gasteiger partial charge in [-0.2, -0.15) is 0 Å². The highest BCUT2D eigenvalue weighted by Crippen LogP contribution is 2.24. The van der Waals surface area contributed by atoms with Crippen LogP contribution in [0.1, 0.15) is 78.3 Å². The van der Waals surface area contributed by atoms with Crippen molar-refractivity contribution in [1.82, 2.24) is 21.3 Å². The second kappa shape index (κ2) is 17.4. The van der Waals surface area contributed by atoms with Crippen LogP contribution in [0.2, 0.25) is 0 Å². The molecule has 12 nitrogen and oxygen atoms in total. The summed E-state index contributed by atoms with van der Waals surface area (Å²) in [6, 6.07) is 0.134. The van der Waals surface area contributed by atoms with Crippen molar-refractivity contribution in [3.63, 3.8) is 0 Å². The number of furan rings is 1. The number of ether oxygens (including phenoxy) is 1. The Kier molecular flexibility index (Phi) is 14.3. The van der Waals surface area contributed by atoms with Gasteiger partial charge in [0.1, 0.15) is 12.1 Å². The lowest BCUT2D eigenvalue weighted by atomic mass is 9.84. The predicted octanol–water partition coefficient (Wildman–Crippen LogP) is 2.54. The number of Topliss-reactive ketones (excluding diaryl/α,β-unsaturated/α-hetero) is 1. The fourth-order valence-electron chi connectivity index (χ4n) is 5.02. The standard InChI is InChI=1S/C32H48N4O8/c1-8-43-25(37)12-11-21(17-22-13-14-33-29(22)39)28(38)23(16-18(2)3)34-31(41)26(19(4)5)36-32(42)27(20(6)7)35-30(40)24-10-9-15-44-24/h9-12,15,18-23,26-27H,8,13-14,16-17H2,1-7H3,(H,33,39)(H,34,41)(H,35,40)(H,36,42)/b12-11+/t21-,22+,23+,26+,27+/m1/s1. The van der Waals surface area contributed by atoms with Crippen molar-refractivity contribution in [2.24, 2.45) is 29.6 Å². The highest BCUT2D eigenvalue weighted by molar-refractivity contribution is 5.98. The van der Waals surface area contributed by atoms with Gasteiger partial charge in [0.05, 0.1) is 18.9 Å². The Morgan fingerprint density at radius 3 is 2.16 bits per heavy atom. The molecule has 1 aromatic heterocycles. The highest BCUT2D eigenvalue weighted by atomic mass is 16.5. The van der Waals surface area contributed by atoms with E-state index >= 15 is 0 Å². The average Bonchev–Trinajstić information content (AvgIpc) is 3.63. The number of nitrogens with one attached hydrogen (secondary N) is 4. The van der Waals surface area contributed by atoms with Crippen molar-refractivity contribution in [3.05, 3.63) is 36.3 Å². The maximum Gasteiger partial charge on any atom is 0.330 e. The first-order valence-electron chi connectivity index (χ1n) is 15.4. The van der Waals surface area contributed by atoms with Crippen molar-refractivity contribution < 1.29 is 37.9 Å². The van der Waals surface area contributed by atoms with Crippen LogP contribution in [-0.4, -0.2) is 66.7 Å². The molecule has 0 radical (unpaired) electrons. The van der Waals surface area contributed by atoms with E-state index in [1.54, 1.807) is 40.7 Å². The summed E-state index contributed by atoms with van der Waals surface area (Å²) < 4.78 is 10.1. The number of rotatable bonds is 17. The van der Waals surface area contributed by atoms with E-state index < -0.39 is 53.7 Å². The smallest absolute Gasteiger partial charge is 0.330 e. The van der Waals surface area contributed by atoms with E-state index in [9.17, 15) is 28.8 Å². The quantitative estimate of drug-likeness (QED) is 0.153. The Hall–Kier alpha value is -3.96. The zero-order chi connectivity index (χ0) is 33.0. The van der Waals surface area contributed by atoms with Crippen molar-refractivity contribution >= 4 is 35.4 Å². The van der Waals surface area contributed by atoms with E-state index in [0.717, 1.165) is 0 Å². The number of allylic oxidation sites excluding steroid dienone is 1. The zero-order valence-corrected chi connectivity index (χ0v) is 26.8. The van der Waals surface area contributed by atoms with Gasteiger partial charge in [-0.1, -0.05) is 47.6 Å². The first-order chi connectivity index (χ1) is 20.7. The van der Waals surface area contributed by atoms with Crippen molar-refractivity contribution in [3.8, 4) is 0 Å². The fraction of sp³-hybridized carbons (Fsp3) is 0.625. The molecule has 0 aliphatic carbocycles. The van der Waals surface area contributed by atoms with Gasteiger partial charge in [0.2, 0.25) is 17.7 Å². The molecule has 2 heterocycles. The number of hydrogen-bond donors (Lipinski definition) is 4. The first kappa shape index (κ1) is 36.2. The lowest BCUT2D eigenvalue weighted by molar-refractivity contribution is -0.137. The Labute approximate surface area is 259 Å². The number of carbonyl (C=O) groups is 6. The topological polar surface area (TPSA) is 173 Å². The number of carbonyl (C=O) groups excluding carboxylic acids is 6. The molecule has 0 saturated carbocycles. The molecular formula is C32H48N4O8. The molecule has 0 aromatic carbocycles. The van der Waals surface area contributed by atoms with Gasteiger partial charge < -0.3 is 30.4 Å². The third kappa shape index (κ3) is 10.9. The van der Waals surface area contributed by atoms with Gasteiger partial charge in [0.15, 0.2) is 11.5 Å². The van der Waals surface area contributed by atoms with E-state index in [1.807, 2.05) is 13.8 Å². The first-order valence-corrected chi connectivity index (χ1v) is 15.4. The second-order valence-electron chi connectivity index (χ2n) is 12.2. The van der Waals surface area contributed by atoms with Gasteiger partial charge in [-0.15, -0.1) is 0 Å². The zero-order valence-electron chi connectivity index (χ0n) is 26.8. The molecule has 1 aliphatic rings. The molecule has 1 fully saturated rings. The lowest BCUT2D eigenvalue weighted by Crippen LogP contribution is -2.58. The molecule has 4 amide bonds.